The smallest absolute Gasteiger partial charge is 0.317 e. The number of anilines is 1. The van der Waals surface area contributed by atoms with E-state index in [0.717, 1.165) is 75.0 Å². The Balaban J connectivity index is 1.86. The molecule has 0 spiro atoms. The zero-order valence-corrected chi connectivity index (χ0v) is 28.2. The maximum absolute atomic E-state index is 14.0. The van der Waals surface area contributed by atoms with Gasteiger partial charge in [-0.3, -0.25) is 9.69 Å². The molecule has 8 nitrogen and oxygen atoms in total. The van der Waals surface area contributed by atoms with Crippen molar-refractivity contribution in [3.05, 3.63) is 53.6 Å². The summed E-state index contributed by atoms with van der Waals surface area (Å²) >= 11 is 0. The predicted molar refractivity (Wildman–Crippen MR) is 178 cm³/mol. The average molecular weight is 631 g/mol. The molecule has 44 heavy (non-hydrogen) atoms. The van der Waals surface area contributed by atoms with Gasteiger partial charge in [-0.2, -0.15) is 0 Å². The van der Waals surface area contributed by atoms with Crippen molar-refractivity contribution in [2.75, 3.05) is 51.0 Å². The van der Waals surface area contributed by atoms with Gasteiger partial charge in [0.1, 0.15) is 5.75 Å². The molecular weight excluding hydrogens is 576 g/mol. The molecule has 0 aromatic heterocycles. The normalized spacial score (nSPS) is 18.9. The van der Waals surface area contributed by atoms with Crippen molar-refractivity contribution in [1.82, 2.24) is 4.90 Å². The summed E-state index contributed by atoms with van der Waals surface area (Å²) in [6.07, 6.45) is 6.81. The number of unbranched alkanes of at least 4 members (excludes halogenated alkanes) is 4. The molecule has 0 radical (unpaired) electrons. The first-order valence-electron chi connectivity index (χ1n) is 16.4. The summed E-state index contributed by atoms with van der Waals surface area (Å²) < 4.78 is 34.1. The summed E-state index contributed by atoms with van der Waals surface area (Å²) in [4.78, 5) is 15.2. The molecule has 9 heteroatoms. The molecule has 1 aliphatic rings. The van der Waals surface area contributed by atoms with Gasteiger partial charge in [-0.1, -0.05) is 58.6 Å². The van der Waals surface area contributed by atoms with Crippen molar-refractivity contribution < 1.29 is 28.2 Å². The zero-order valence-electron chi connectivity index (χ0n) is 27.4. The number of likely N-dealkylation sites (N-methyl/N-ethyl adjacent to an activating group) is 1. The lowest BCUT2D eigenvalue weighted by Crippen LogP contribution is -2.43. The Bertz CT molecular complexity index is 1290. The number of ether oxygens (including phenoxy) is 1. The van der Waals surface area contributed by atoms with Crippen LogP contribution in [0.4, 0.5) is 5.69 Å². The standard InChI is InChI=1S/C35H54N2O6S/c1-6-9-20-35(21-10-7-2)26-44(41,42)31-19-16-28(36(4)5)24-30(31)33(34(35)40)27-14-17-29(18-15-27)43-23-13-11-12-22-37(8-3)25-32(38)39/h14-19,24,33-34,40H,6-13,20-23,25-26H2,1-5H3,(H,38,39)/t33-,34?/m1/s1. The molecule has 2 atom stereocenters. The van der Waals surface area contributed by atoms with Gasteiger partial charge in [0, 0.05) is 31.1 Å². The highest BCUT2D eigenvalue weighted by Crippen LogP contribution is 2.50. The largest absolute Gasteiger partial charge is 0.494 e. The van der Waals surface area contributed by atoms with Gasteiger partial charge in [-0.15, -0.1) is 0 Å². The van der Waals surface area contributed by atoms with Crippen LogP contribution in [0.15, 0.2) is 47.4 Å². The lowest BCUT2D eigenvalue weighted by Gasteiger charge is -2.40. The number of carbonyl (C=O) groups is 1. The fraction of sp³-hybridized carbons (Fsp3) is 0.629. The average Bonchev–Trinajstić information content (AvgIpc) is 3.06. The van der Waals surface area contributed by atoms with E-state index >= 15 is 0 Å². The van der Waals surface area contributed by atoms with E-state index in [1.54, 1.807) is 6.07 Å². The molecule has 0 bridgehead atoms. The molecule has 0 saturated carbocycles. The number of hydrogen-bond acceptors (Lipinski definition) is 7. The molecule has 1 aliphatic heterocycles. The Morgan fingerprint density at radius 2 is 1.61 bits per heavy atom. The number of fused-ring (bicyclic) bond motifs is 1. The number of carboxylic acid groups (broad SMARTS) is 1. The summed E-state index contributed by atoms with van der Waals surface area (Å²) in [5, 5.41) is 21.3. The lowest BCUT2D eigenvalue weighted by atomic mass is 9.68. The molecule has 0 saturated heterocycles. The van der Waals surface area contributed by atoms with E-state index in [-0.39, 0.29) is 12.3 Å². The quantitative estimate of drug-likeness (QED) is 0.183. The molecule has 2 aromatic rings. The molecule has 2 aromatic carbocycles. The number of aliphatic carboxylic acids is 1. The first-order valence-corrected chi connectivity index (χ1v) is 18.0. The molecule has 0 aliphatic carbocycles. The SMILES string of the molecule is CCCCC1(CCCC)CS(=O)(=O)c2ccc(N(C)C)cc2[C@@H](c2ccc(OCCCCCN(CC)CC(=O)O)cc2)C1O. The molecular formula is C35H54N2O6S. The number of benzene rings is 2. The molecule has 1 unspecified atom stereocenters. The highest BCUT2D eigenvalue weighted by atomic mass is 32.2. The topological polar surface area (TPSA) is 107 Å². The summed E-state index contributed by atoms with van der Waals surface area (Å²) in [7, 11) is 0.236. The number of aliphatic hydroxyl groups excluding tert-OH is 1. The van der Waals surface area contributed by atoms with Crippen LogP contribution in [0, 0.1) is 5.41 Å². The maximum Gasteiger partial charge on any atom is 0.317 e. The highest BCUT2D eigenvalue weighted by molar-refractivity contribution is 7.91. The lowest BCUT2D eigenvalue weighted by molar-refractivity contribution is -0.138. The fourth-order valence-electron chi connectivity index (χ4n) is 6.51. The van der Waals surface area contributed by atoms with E-state index in [0.29, 0.717) is 29.9 Å². The van der Waals surface area contributed by atoms with Gasteiger partial charge in [-0.05, 0) is 86.7 Å². The van der Waals surface area contributed by atoms with E-state index in [4.69, 9.17) is 9.84 Å². The summed E-state index contributed by atoms with van der Waals surface area (Å²) in [6, 6.07) is 13.3. The van der Waals surface area contributed by atoms with Crippen molar-refractivity contribution >= 4 is 21.5 Å². The van der Waals surface area contributed by atoms with Crippen LogP contribution in [0.3, 0.4) is 0 Å². The highest BCUT2D eigenvalue weighted by Gasteiger charge is 2.49. The van der Waals surface area contributed by atoms with Gasteiger partial charge < -0.3 is 19.8 Å². The van der Waals surface area contributed by atoms with Crippen LogP contribution in [0.1, 0.15) is 95.6 Å². The van der Waals surface area contributed by atoms with E-state index in [9.17, 15) is 18.3 Å². The summed E-state index contributed by atoms with van der Waals surface area (Å²) in [5.74, 6) is -0.599. The van der Waals surface area contributed by atoms with Crippen molar-refractivity contribution in [3.63, 3.8) is 0 Å². The maximum atomic E-state index is 14.0. The molecule has 1 heterocycles. The number of sulfone groups is 1. The monoisotopic (exact) mass is 630 g/mol. The second-order valence-corrected chi connectivity index (χ2v) is 14.6. The van der Waals surface area contributed by atoms with Crippen LogP contribution >= 0.6 is 0 Å². The molecule has 3 rings (SSSR count). The van der Waals surface area contributed by atoms with Crippen molar-refractivity contribution in [1.29, 1.82) is 0 Å². The van der Waals surface area contributed by atoms with E-state index in [2.05, 4.69) is 13.8 Å². The Labute approximate surface area is 265 Å². The Morgan fingerprint density at radius 3 is 2.18 bits per heavy atom. The minimum absolute atomic E-state index is 0.0422. The number of nitrogens with zero attached hydrogens (tertiary/aromatic N) is 2. The van der Waals surface area contributed by atoms with Crippen LogP contribution in [0.5, 0.6) is 5.75 Å². The van der Waals surface area contributed by atoms with Gasteiger partial charge in [0.25, 0.3) is 0 Å². The summed E-state index contributed by atoms with van der Waals surface area (Å²) in [5.41, 5.74) is 1.71. The number of carboxylic acids is 1. The number of hydrogen-bond donors (Lipinski definition) is 2. The van der Waals surface area contributed by atoms with E-state index in [1.807, 2.05) is 67.2 Å². The van der Waals surface area contributed by atoms with E-state index < -0.39 is 33.2 Å². The van der Waals surface area contributed by atoms with Crippen LogP contribution in [0.25, 0.3) is 0 Å². The first-order chi connectivity index (χ1) is 21.0. The minimum atomic E-state index is -3.64. The van der Waals surface area contributed by atoms with Crippen LogP contribution in [-0.2, 0) is 14.6 Å². The second-order valence-electron chi connectivity index (χ2n) is 12.6. The Hall–Kier alpha value is -2.62. The van der Waals surface area contributed by atoms with Crippen LogP contribution in [-0.4, -0.2) is 81.7 Å². The molecule has 0 amide bonds. The molecule has 2 N–H and O–H groups in total. The van der Waals surface area contributed by atoms with Crippen LogP contribution < -0.4 is 9.64 Å². The van der Waals surface area contributed by atoms with Crippen molar-refractivity contribution in [2.45, 2.75) is 95.5 Å². The fourth-order valence-corrected chi connectivity index (χ4v) is 8.70. The first kappa shape index (κ1) is 35.9. The third kappa shape index (κ3) is 9.21. The van der Waals surface area contributed by atoms with Crippen LogP contribution in [0.2, 0.25) is 0 Å². The second kappa shape index (κ2) is 16.6. The molecule has 0 fully saturated rings. The van der Waals surface area contributed by atoms with Gasteiger partial charge in [0.2, 0.25) is 0 Å². The van der Waals surface area contributed by atoms with E-state index in [1.165, 1.54) is 0 Å². The number of rotatable bonds is 18. The third-order valence-corrected chi connectivity index (χ3v) is 11.1. The molecule has 246 valence electrons. The minimum Gasteiger partial charge on any atom is -0.494 e. The summed E-state index contributed by atoms with van der Waals surface area (Å²) in [6.45, 7) is 8.29. The van der Waals surface area contributed by atoms with Gasteiger partial charge >= 0.3 is 5.97 Å². The third-order valence-electron chi connectivity index (χ3n) is 9.09. The van der Waals surface area contributed by atoms with Gasteiger partial charge in [0.05, 0.1) is 29.9 Å². The van der Waals surface area contributed by atoms with Crippen molar-refractivity contribution in [3.8, 4) is 5.75 Å². The Kier molecular flexibility index (Phi) is 13.5. The predicted octanol–water partition coefficient (Wildman–Crippen LogP) is 6.36. The Morgan fingerprint density at radius 1 is 0.955 bits per heavy atom. The van der Waals surface area contributed by atoms with Crippen molar-refractivity contribution in [2.24, 2.45) is 5.41 Å². The zero-order chi connectivity index (χ0) is 32.3. The van der Waals surface area contributed by atoms with Gasteiger partial charge in [-0.25, -0.2) is 8.42 Å². The number of aliphatic hydroxyl groups is 1. The van der Waals surface area contributed by atoms with Gasteiger partial charge in [0.15, 0.2) is 9.84 Å².